The van der Waals surface area contributed by atoms with Gasteiger partial charge in [-0.15, -0.1) is 0 Å². The highest BCUT2D eigenvalue weighted by Crippen LogP contribution is 2.43. The number of esters is 2. The van der Waals surface area contributed by atoms with E-state index in [2.05, 4.69) is 62.5 Å². The predicted molar refractivity (Wildman–Crippen MR) is 239 cm³/mol. The van der Waals surface area contributed by atoms with Gasteiger partial charge in [-0.25, -0.2) is 4.57 Å². The van der Waals surface area contributed by atoms with Crippen LogP contribution in [0.2, 0.25) is 0 Å². The van der Waals surface area contributed by atoms with Gasteiger partial charge in [-0.1, -0.05) is 131 Å². The Hall–Kier alpha value is -3.22. The molecule has 1 aliphatic carbocycles. The number of hydrogen-bond acceptors (Lipinski definition) is 11. The molecule has 0 spiro atoms. The van der Waals surface area contributed by atoms with Crippen LogP contribution < -0.4 is 5.73 Å². The average molecular weight is 862 g/mol. The molecule has 0 heterocycles. The lowest BCUT2D eigenvalue weighted by Crippen LogP contribution is -2.29. The molecule has 5 N–H and O–H groups in total. The van der Waals surface area contributed by atoms with E-state index in [-0.39, 0.29) is 50.7 Å². The van der Waals surface area contributed by atoms with Crippen molar-refractivity contribution >= 4 is 25.5 Å². The molecule has 0 saturated heterocycles. The SMILES string of the molecule is CCCCC/C=C\C/C=C\C/C=C\C/C=C\C/C=C\CCC(=O)OC[C@H](COP(=O)(O)OCCN)OC(=O)CCC/C=C\C[C@H]1[C@@H](O)CC(=O)[C@@H]1/C=C/[C@@H](O)CCCCC. The molecular weight excluding hydrogens is 785 g/mol. The molecule has 13 heteroatoms. The van der Waals surface area contributed by atoms with E-state index in [4.69, 9.17) is 24.3 Å². The predicted octanol–water partition coefficient (Wildman–Crippen LogP) is 9.42. The summed E-state index contributed by atoms with van der Waals surface area (Å²) in [7, 11) is -4.47. The normalized spacial score (nSPS) is 19.6. The zero-order valence-corrected chi connectivity index (χ0v) is 37.3. The maximum atomic E-state index is 12.7. The zero-order chi connectivity index (χ0) is 44.1. The molecule has 0 aromatic rings. The van der Waals surface area contributed by atoms with E-state index in [1.807, 2.05) is 24.3 Å². The molecule has 1 saturated carbocycles. The Morgan fingerprint density at radius 1 is 0.767 bits per heavy atom. The van der Waals surface area contributed by atoms with E-state index in [0.29, 0.717) is 32.1 Å². The maximum absolute atomic E-state index is 12.7. The van der Waals surface area contributed by atoms with Crippen molar-refractivity contribution in [2.24, 2.45) is 17.6 Å². The third kappa shape index (κ3) is 29.9. The van der Waals surface area contributed by atoms with Crippen molar-refractivity contribution in [2.75, 3.05) is 26.4 Å². The first kappa shape index (κ1) is 54.8. The molecule has 0 bridgehead atoms. The van der Waals surface area contributed by atoms with Crippen LogP contribution in [0.5, 0.6) is 0 Å². The number of ether oxygens (including phenoxy) is 2. The summed E-state index contributed by atoms with van der Waals surface area (Å²) in [6.45, 7) is 3.18. The van der Waals surface area contributed by atoms with Crippen LogP contribution in [0.25, 0.3) is 0 Å². The van der Waals surface area contributed by atoms with Crippen molar-refractivity contribution in [1.29, 1.82) is 0 Å². The minimum absolute atomic E-state index is 0.00326. The highest BCUT2D eigenvalue weighted by Gasteiger charge is 2.39. The van der Waals surface area contributed by atoms with Crippen LogP contribution in [-0.4, -0.2) is 77.5 Å². The lowest BCUT2D eigenvalue weighted by Gasteiger charge is -2.19. The molecule has 0 aromatic heterocycles. The van der Waals surface area contributed by atoms with E-state index < -0.39 is 50.6 Å². The second-order valence-corrected chi connectivity index (χ2v) is 16.4. The zero-order valence-electron chi connectivity index (χ0n) is 36.4. The van der Waals surface area contributed by atoms with Gasteiger partial charge in [0, 0.05) is 37.6 Å². The molecule has 340 valence electrons. The lowest BCUT2D eigenvalue weighted by atomic mass is 9.90. The number of nitrogens with two attached hydrogens (primary N) is 1. The summed E-state index contributed by atoms with van der Waals surface area (Å²) < 4.78 is 32.6. The standard InChI is InChI=1S/C47H76NO11P/c1-3-5-7-8-9-10-11-12-13-14-15-16-17-18-19-20-21-22-27-31-46(52)56-38-41(39-58-60(54,55)57-36-35-48)59-47(53)32-28-24-23-26-30-42-43(45(51)37-44(42)50)34-33-40(49)29-25-6-4-2/h9-10,12-13,15-16,18-19,21-23,26,33-34,40-44,49-50H,3-8,11,14,17,20,24-25,27-32,35-39,48H2,1-2H3,(H,54,55)/b10-9-,13-12-,16-15-,19-18-,22-21-,26-23-,34-33+/t40-,41+,42+,43+,44-/m0/s1. The molecule has 0 radical (unpaired) electrons. The molecule has 0 aliphatic heterocycles. The molecule has 0 aromatic carbocycles. The monoisotopic (exact) mass is 862 g/mol. The number of phosphoric ester groups is 1. The van der Waals surface area contributed by atoms with Gasteiger partial charge >= 0.3 is 19.8 Å². The summed E-state index contributed by atoms with van der Waals surface area (Å²) in [5.74, 6) is -1.92. The fourth-order valence-corrected chi connectivity index (χ4v) is 7.01. The van der Waals surface area contributed by atoms with Gasteiger partial charge in [0.2, 0.25) is 0 Å². The highest BCUT2D eigenvalue weighted by molar-refractivity contribution is 7.47. The summed E-state index contributed by atoms with van der Waals surface area (Å²) in [6, 6.07) is 0. The summed E-state index contributed by atoms with van der Waals surface area (Å²) in [5, 5.41) is 20.7. The van der Waals surface area contributed by atoms with Gasteiger partial charge in [0.15, 0.2) is 6.10 Å². The van der Waals surface area contributed by atoms with Crippen LogP contribution in [-0.2, 0) is 37.5 Å². The Labute approximate surface area is 360 Å². The summed E-state index contributed by atoms with van der Waals surface area (Å²) >= 11 is 0. The Morgan fingerprint density at radius 2 is 1.35 bits per heavy atom. The number of Topliss-reactive ketones (excluding diaryl/α,β-unsaturated/α-hetero) is 1. The van der Waals surface area contributed by atoms with Crippen LogP contribution in [0.15, 0.2) is 85.1 Å². The van der Waals surface area contributed by atoms with Crippen LogP contribution >= 0.6 is 7.82 Å². The number of carbonyl (C=O) groups is 3. The topological polar surface area (TPSA) is 192 Å². The highest BCUT2D eigenvalue weighted by atomic mass is 31.2. The number of carbonyl (C=O) groups excluding carboxylic acids is 3. The number of unbranched alkanes of at least 4 members (excludes halogenated alkanes) is 6. The van der Waals surface area contributed by atoms with Crippen molar-refractivity contribution in [1.82, 2.24) is 0 Å². The van der Waals surface area contributed by atoms with Crippen LogP contribution in [0.1, 0.15) is 136 Å². The van der Waals surface area contributed by atoms with Crippen molar-refractivity contribution in [3.8, 4) is 0 Å². The summed E-state index contributed by atoms with van der Waals surface area (Å²) in [5.41, 5.74) is 5.34. The second-order valence-electron chi connectivity index (χ2n) is 15.0. The van der Waals surface area contributed by atoms with Crippen molar-refractivity contribution in [2.45, 2.75) is 154 Å². The fourth-order valence-electron chi connectivity index (χ4n) is 6.24. The van der Waals surface area contributed by atoms with E-state index >= 15 is 0 Å². The van der Waals surface area contributed by atoms with Gasteiger partial charge in [-0.05, 0) is 70.6 Å². The Morgan fingerprint density at radius 3 is 1.98 bits per heavy atom. The first-order chi connectivity index (χ1) is 29.0. The van der Waals surface area contributed by atoms with Gasteiger partial charge in [-0.3, -0.25) is 23.4 Å². The van der Waals surface area contributed by atoms with E-state index in [0.717, 1.165) is 51.4 Å². The summed E-state index contributed by atoms with van der Waals surface area (Å²) in [6.07, 6.45) is 40.0. The number of hydrogen-bond donors (Lipinski definition) is 4. The Bertz CT molecular complexity index is 1420. The third-order valence-electron chi connectivity index (χ3n) is 9.64. The minimum atomic E-state index is -4.47. The van der Waals surface area contributed by atoms with Crippen molar-refractivity contribution in [3.63, 3.8) is 0 Å². The third-order valence-corrected chi connectivity index (χ3v) is 10.6. The fraction of sp³-hybridized carbons (Fsp3) is 0.638. The van der Waals surface area contributed by atoms with E-state index in [9.17, 15) is 34.1 Å². The second kappa shape index (κ2) is 36.4. The largest absolute Gasteiger partial charge is 0.472 e. The van der Waals surface area contributed by atoms with Crippen molar-refractivity contribution < 1.29 is 52.6 Å². The number of aliphatic hydroxyl groups is 2. The van der Waals surface area contributed by atoms with E-state index in [1.165, 1.54) is 19.3 Å². The van der Waals surface area contributed by atoms with Gasteiger partial charge < -0.3 is 30.3 Å². The van der Waals surface area contributed by atoms with E-state index in [1.54, 1.807) is 12.2 Å². The molecule has 6 atom stereocenters. The first-order valence-electron chi connectivity index (χ1n) is 22.2. The molecule has 1 fully saturated rings. The lowest BCUT2D eigenvalue weighted by molar-refractivity contribution is -0.161. The van der Waals surface area contributed by atoms with Crippen LogP contribution in [0.3, 0.4) is 0 Å². The smallest absolute Gasteiger partial charge is 0.462 e. The summed E-state index contributed by atoms with van der Waals surface area (Å²) in [4.78, 5) is 47.5. The number of phosphoric acid groups is 1. The van der Waals surface area contributed by atoms with Crippen molar-refractivity contribution in [3.05, 3.63) is 85.1 Å². The molecule has 1 aliphatic rings. The molecular formula is C47H76NO11P. The molecule has 1 unspecified atom stereocenters. The molecule has 1 rings (SSSR count). The number of rotatable bonds is 36. The number of allylic oxidation sites excluding steroid dienone is 13. The molecule has 60 heavy (non-hydrogen) atoms. The van der Waals surface area contributed by atoms with Gasteiger partial charge in [0.1, 0.15) is 12.4 Å². The average Bonchev–Trinajstić information content (AvgIpc) is 3.49. The van der Waals surface area contributed by atoms with Crippen LogP contribution in [0.4, 0.5) is 0 Å². The number of aliphatic hydroxyl groups excluding tert-OH is 2. The van der Waals surface area contributed by atoms with Gasteiger partial charge in [0.05, 0.1) is 25.4 Å². The Kier molecular flexibility index (Phi) is 33.3. The maximum Gasteiger partial charge on any atom is 0.472 e. The molecule has 12 nitrogen and oxygen atoms in total. The Balaban J connectivity index is 2.46. The molecule has 0 amide bonds. The van der Waals surface area contributed by atoms with Crippen LogP contribution in [0, 0.1) is 11.8 Å². The van der Waals surface area contributed by atoms with Gasteiger partial charge in [0.25, 0.3) is 0 Å². The minimum Gasteiger partial charge on any atom is -0.462 e. The first-order valence-corrected chi connectivity index (χ1v) is 23.7. The van der Waals surface area contributed by atoms with Gasteiger partial charge in [-0.2, -0.15) is 0 Å². The number of ketones is 1. The quantitative estimate of drug-likeness (QED) is 0.0202.